The van der Waals surface area contributed by atoms with E-state index in [-0.39, 0.29) is 24.9 Å². The van der Waals surface area contributed by atoms with Crippen molar-refractivity contribution >= 4 is 22.7 Å². The molecule has 0 unspecified atom stereocenters. The molecular formula is C35H43N3O6. The molecule has 0 aliphatic carbocycles. The van der Waals surface area contributed by atoms with Crippen molar-refractivity contribution in [2.75, 3.05) is 54.2 Å². The fourth-order valence-corrected chi connectivity index (χ4v) is 5.01. The van der Waals surface area contributed by atoms with Crippen LogP contribution in [-0.2, 0) is 22.5 Å². The van der Waals surface area contributed by atoms with E-state index in [1.807, 2.05) is 42.6 Å². The molecule has 0 aliphatic rings. The molecule has 44 heavy (non-hydrogen) atoms. The third-order valence-electron chi connectivity index (χ3n) is 7.55. The van der Waals surface area contributed by atoms with Crippen LogP contribution in [0.25, 0.3) is 10.9 Å². The number of benzene rings is 3. The number of carbonyl (C=O) groups excluding carboxylic acids is 2. The Hall–Kier alpha value is -4.50. The van der Waals surface area contributed by atoms with Crippen molar-refractivity contribution in [1.82, 2.24) is 14.8 Å². The van der Waals surface area contributed by atoms with E-state index in [4.69, 9.17) is 18.9 Å². The number of H-pyrrole nitrogens is 1. The fraction of sp³-hybridized carbons (Fsp3) is 0.371. The molecule has 9 nitrogen and oxygen atoms in total. The Bertz CT molecular complexity index is 1500. The lowest BCUT2D eigenvalue weighted by Crippen LogP contribution is -2.44. The monoisotopic (exact) mass is 601 g/mol. The van der Waals surface area contributed by atoms with Crippen molar-refractivity contribution in [2.24, 2.45) is 0 Å². The van der Waals surface area contributed by atoms with Crippen LogP contribution < -0.4 is 14.2 Å². The average molecular weight is 602 g/mol. The quantitative estimate of drug-likeness (QED) is 0.156. The van der Waals surface area contributed by atoms with Crippen molar-refractivity contribution in [2.45, 2.75) is 32.7 Å². The van der Waals surface area contributed by atoms with E-state index < -0.39 is 0 Å². The highest BCUT2D eigenvalue weighted by Crippen LogP contribution is 2.28. The summed E-state index contributed by atoms with van der Waals surface area (Å²) in [5.41, 5.74) is 3.56. The molecule has 0 saturated heterocycles. The molecule has 2 amide bonds. The van der Waals surface area contributed by atoms with Crippen LogP contribution in [-0.4, -0.2) is 80.8 Å². The second kappa shape index (κ2) is 16.4. The van der Waals surface area contributed by atoms with Crippen LogP contribution in [0, 0.1) is 0 Å². The van der Waals surface area contributed by atoms with Gasteiger partial charge in [0, 0.05) is 49.4 Å². The van der Waals surface area contributed by atoms with Crippen molar-refractivity contribution in [3.05, 3.63) is 89.6 Å². The lowest BCUT2D eigenvalue weighted by molar-refractivity contribution is -0.132. The Kier molecular flexibility index (Phi) is 12.1. The van der Waals surface area contributed by atoms with Gasteiger partial charge < -0.3 is 33.7 Å². The van der Waals surface area contributed by atoms with Gasteiger partial charge in [0.2, 0.25) is 5.91 Å². The Balaban J connectivity index is 1.54. The van der Waals surface area contributed by atoms with Crippen molar-refractivity contribution in [1.29, 1.82) is 0 Å². The van der Waals surface area contributed by atoms with Gasteiger partial charge in [-0.3, -0.25) is 9.59 Å². The Morgan fingerprint density at radius 3 is 2.34 bits per heavy atom. The number of carbonyl (C=O) groups is 2. The van der Waals surface area contributed by atoms with Crippen molar-refractivity contribution in [3.63, 3.8) is 0 Å². The Labute approximate surface area is 259 Å². The highest BCUT2D eigenvalue weighted by molar-refractivity contribution is 5.96. The Morgan fingerprint density at radius 1 is 0.841 bits per heavy atom. The van der Waals surface area contributed by atoms with Gasteiger partial charge in [-0.05, 0) is 66.4 Å². The summed E-state index contributed by atoms with van der Waals surface area (Å²) in [5, 5.41) is 1.13. The molecule has 0 aliphatic heterocycles. The van der Waals surface area contributed by atoms with Gasteiger partial charge in [-0.1, -0.05) is 37.6 Å². The largest absolute Gasteiger partial charge is 0.494 e. The van der Waals surface area contributed by atoms with E-state index in [1.54, 1.807) is 55.4 Å². The highest BCUT2D eigenvalue weighted by atomic mass is 16.5. The number of unbranched alkanes of at least 4 members (excludes halogenated alkanes) is 1. The number of fused-ring (bicyclic) bond motifs is 1. The molecule has 1 N–H and O–H groups in total. The molecule has 234 valence electrons. The minimum Gasteiger partial charge on any atom is -0.494 e. The third kappa shape index (κ3) is 8.54. The van der Waals surface area contributed by atoms with E-state index in [0.717, 1.165) is 34.9 Å². The zero-order chi connectivity index (χ0) is 31.3. The minimum atomic E-state index is -0.238. The molecule has 1 heterocycles. The number of ether oxygens (including phenoxy) is 4. The molecule has 0 atom stereocenters. The van der Waals surface area contributed by atoms with E-state index in [0.29, 0.717) is 55.5 Å². The van der Waals surface area contributed by atoms with Gasteiger partial charge in [-0.25, -0.2) is 0 Å². The number of hydrogen-bond acceptors (Lipinski definition) is 6. The summed E-state index contributed by atoms with van der Waals surface area (Å²) in [6, 6.07) is 20.8. The fourth-order valence-electron chi connectivity index (χ4n) is 5.01. The number of hydrogen-bond donors (Lipinski definition) is 1. The van der Waals surface area contributed by atoms with E-state index >= 15 is 0 Å². The predicted octanol–water partition coefficient (Wildman–Crippen LogP) is 5.72. The van der Waals surface area contributed by atoms with Crippen LogP contribution in [0.1, 0.15) is 41.3 Å². The third-order valence-corrected chi connectivity index (χ3v) is 7.55. The van der Waals surface area contributed by atoms with Crippen molar-refractivity contribution in [3.8, 4) is 17.2 Å². The van der Waals surface area contributed by atoms with Gasteiger partial charge in [-0.2, -0.15) is 0 Å². The number of nitrogens with zero attached hydrogens (tertiary/aromatic N) is 2. The standard InChI is InChI=1S/C35H43N3O6/c1-5-6-20-44-29-14-12-27(13-15-29)35(40)38(19-21-41-2)25-34(39)37(24-26-11-16-32(42-3)33(22-26)43-4)18-17-28-23-36-31-10-8-7-9-30(28)31/h7-16,22-23,36H,5-6,17-21,24-25H2,1-4H3. The van der Waals surface area contributed by atoms with Gasteiger partial charge in [0.15, 0.2) is 11.5 Å². The molecule has 0 spiro atoms. The van der Waals surface area contributed by atoms with Gasteiger partial charge in [0.1, 0.15) is 12.3 Å². The summed E-state index contributed by atoms with van der Waals surface area (Å²) in [4.78, 5) is 34.2. The molecule has 0 bridgehead atoms. The highest BCUT2D eigenvalue weighted by Gasteiger charge is 2.23. The summed E-state index contributed by atoms with van der Waals surface area (Å²) in [7, 11) is 4.76. The maximum Gasteiger partial charge on any atom is 0.254 e. The number of methoxy groups -OCH3 is 3. The molecule has 3 aromatic carbocycles. The zero-order valence-corrected chi connectivity index (χ0v) is 26.1. The van der Waals surface area contributed by atoms with Crippen molar-refractivity contribution < 1.29 is 28.5 Å². The summed E-state index contributed by atoms with van der Waals surface area (Å²) in [6.07, 6.45) is 4.65. The molecule has 0 saturated carbocycles. The number of amides is 2. The predicted molar refractivity (Wildman–Crippen MR) is 172 cm³/mol. The average Bonchev–Trinajstić information content (AvgIpc) is 3.47. The van der Waals surface area contributed by atoms with Gasteiger partial charge in [0.25, 0.3) is 5.91 Å². The van der Waals surface area contributed by atoms with Gasteiger partial charge >= 0.3 is 0 Å². The smallest absolute Gasteiger partial charge is 0.254 e. The van der Waals surface area contributed by atoms with Crippen LogP contribution in [0.2, 0.25) is 0 Å². The molecule has 0 fully saturated rings. The van der Waals surface area contributed by atoms with Gasteiger partial charge in [0.05, 0.1) is 27.4 Å². The molecule has 9 heteroatoms. The summed E-state index contributed by atoms with van der Waals surface area (Å²) in [6.45, 7) is 4.05. The Morgan fingerprint density at radius 2 is 1.61 bits per heavy atom. The van der Waals surface area contributed by atoms with E-state index in [9.17, 15) is 9.59 Å². The molecular weight excluding hydrogens is 558 g/mol. The zero-order valence-electron chi connectivity index (χ0n) is 26.1. The first kappa shape index (κ1) is 32.4. The molecule has 0 radical (unpaired) electrons. The van der Waals surface area contributed by atoms with E-state index in [2.05, 4.69) is 18.0 Å². The second-order valence-corrected chi connectivity index (χ2v) is 10.6. The molecule has 1 aromatic heterocycles. The number of nitrogens with one attached hydrogen (secondary N) is 1. The first-order valence-electron chi connectivity index (χ1n) is 15.0. The topological polar surface area (TPSA) is 93.3 Å². The first-order valence-corrected chi connectivity index (χ1v) is 15.0. The van der Waals surface area contributed by atoms with Crippen LogP contribution in [0.4, 0.5) is 0 Å². The maximum atomic E-state index is 14.0. The normalized spacial score (nSPS) is 10.9. The van der Waals surface area contributed by atoms with Gasteiger partial charge in [-0.15, -0.1) is 0 Å². The number of aromatic nitrogens is 1. The lowest BCUT2D eigenvalue weighted by Gasteiger charge is -2.28. The van der Waals surface area contributed by atoms with Crippen LogP contribution >= 0.6 is 0 Å². The second-order valence-electron chi connectivity index (χ2n) is 10.6. The molecule has 4 aromatic rings. The lowest BCUT2D eigenvalue weighted by atomic mass is 10.1. The maximum absolute atomic E-state index is 14.0. The van der Waals surface area contributed by atoms with Crippen LogP contribution in [0.3, 0.4) is 0 Å². The SMILES string of the molecule is CCCCOc1ccc(C(=O)N(CCOC)CC(=O)N(CCc2c[nH]c3ccccc23)Cc2ccc(OC)c(OC)c2)cc1. The minimum absolute atomic E-state index is 0.0852. The number of rotatable bonds is 17. The van der Waals surface area contributed by atoms with Crippen LogP contribution in [0.15, 0.2) is 72.9 Å². The molecule has 4 rings (SSSR count). The number of aromatic amines is 1. The summed E-state index contributed by atoms with van der Waals surface area (Å²) >= 11 is 0. The number of para-hydroxylation sites is 1. The summed E-state index contributed by atoms with van der Waals surface area (Å²) < 4.78 is 21.9. The first-order chi connectivity index (χ1) is 21.5. The summed E-state index contributed by atoms with van der Waals surface area (Å²) in [5.74, 6) is 1.52. The van der Waals surface area contributed by atoms with E-state index in [1.165, 1.54) is 0 Å². The van der Waals surface area contributed by atoms with Crippen LogP contribution in [0.5, 0.6) is 17.2 Å².